The number of benzene rings is 1. The summed E-state index contributed by atoms with van der Waals surface area (Å²) in [5.41, 5.74) is 0. The second-order valence-corrected chi connectivity index (χ2v) is 5.08. The summed E-state index contributed by atoms with van der Waals surface area (Å²) in [5.74, 6) is 5.34. The number of nitrogens with one attached hydrogen (secondary N) is 1. The van der Waals surface area contributed by atoms with Crippen molar-refractivity contribution in [2.45, 2.75) is 24.8 Å². The molecule has 0 unspecified atom stereocenters. The van der Waals surface area contributed by atoms with Gasteiger partial charge >= 0.3 is 0 Å². The van der Waals surface area contributed by atoms with Crippen LogP contribution in [-0.4, -0.2) is 14.5 Å². The van der Waals surface area contributed by atoms with Gasteiger partial charge in [0.15, 0.2) is 0 Å². The van der Waals surface area contributed by atoms with Crippen molar-refractivity contribution in [1.29, 1.82) is 0 Å². The quantitative estimate of drug-likeness (QED) is 0.743. The van der Waals surface area contributed by atoms with Crippen LogP contribution in [0.15, 0.2) is 29.2 Å². The average molecular weight is 230 g/mol. The van der Waals surface area contributed by atoms with Crippen LogP contribution in [0.1, 0.15) is 13.8 Å². The highest BCUT2D eigenvalue weighted by molar-refractivity contribution is 7.89. The molecule has 1 aromatic carbocycles. The molecule has 0 saturated carbocycles. The monoisotopic (exact) mass is 230 g/mol. The van der Waals surface area contributed by atoms with Gasteiger partial charge in [0.1, 0.15) is 5.75 Å². The Bertz CT molecular complexity index is 411. The van der Waals surface area contributed by atoms with Crippen molar-refractivity contribution < 1.29 is 13.3 Å². The molecule has 5 nitrogen and oxygen atoms in total. The molecule has 84 valence electrons. The summed E-state index contributed by atoms with van der Waals surface area (Å²) < 4.78 is 25.8. The van der Waals surface area contributed by atoms with E-state index in [0.717, 1.165) is 0 Å². The Balaban J connectivity index is 2.96. The molecule has 0 saturated heterocycles. The Hall–Kier alpha value is -1.11. The SMILES string of the molecule is CC(C)NS(=O)(=O)c1ccc(ON)cc1. The van der Waals surface area contributed by atoms with Gasteiger partial charge in [0.2, 0.25) is 10.0 Å². The second kappa shape index (κ2) is 4.61. The van der Waals surface area contributed by atoms with Crippen molar-refractivity contribution in [3.8, 4) is 5.75 Å². The van der Waals surface area contributed by atoms with Crippen molar-refractivity contribution >= 4 is 10.0 Å². The van der Waals surface area contributed by atoms with E-state index < -0.39 is 10.0 Å². The molecule has 1 aromatic rings. The number of rotatable bonds is 4. The van der Waals surface area contributed by atoms with E-state index >= 15 is 0 Å². The smallest absolute Gasteiger partial charge is 0.240 e. The fourth-order valence-electron chi connectivity index (χ4n) is 1.08. The average Bonchev–Trinajstić information content (AvgIpc) is 2.16. The molecule has 6 heteroatoms. The van der Waals surface area contributed by atoms with Crippen molar-refractivity contribution in [3.05, 3.63) is 24.3 Å². The standard InChI is InChI=1S/C9H14N2O3S/c1-7(2)11-15(12,13)9-5-3-8(14-10)4-6-9/h3-7,11H,10H2,1-2H3. The molecule has 0 heterocycles. The first-order valence-corrected chi connectivity index (χ1v) is 5.93. The third kappa shape index (κ3) is 3.19. The number of hydrogen-bond acceptors (Lipinski definition) is 4. The molecule has 0 aliphatic rings. The van der Waals surface area contributed by atoms with Gasteiger partial charge in [-0.05, 0) is 38.1 Å². The van der Waals surface area contributed by atoms with Gasteiger partial charge in [-0.2, -0.15) is 5.90 Å². The Morgan fingerprint density at radius 2 is 1.80 bits per heavy atom. The molecule has 0 aliphatic heterocycles. The summed E-state index contributed by atoms with van der Waals surface area (Å²) in [4.78, 5) is 4.64. The van der Waals surface area contributed by atoms with Crippen LogP contribution in [0.3, 0.4) is 0 Å². The predicted octanol–water partition coefficient (Wildman–Crippen LogP) is 0.626. The highest BCUT2D eigenvalue weighted by Gasteiger charge is 2.14. The highest BCUT2D eigenvalue weighted by atomic mass is 32.2. The Morgan fingerprint density at radius 3 is 2.20 bits per heavy atom. The molecular formula is C9H14N2O3S. The largest absolute Gasteiger partial charge is 0.412 e. The van der Waals surface area contributed by atoms with Crippen LogP contribution in [0.25, 0.3) is 0 Å². The molecular weight excluding hydrogens is 216 g/mol. The van der Waals surface area contributed by atoms with E-state index in [2.05, 4.69) is 9.56 Å². The van der Waals surface area contributed by atoms with E-state index in [1.165, 1.54) is 24.3 Å². The summed E-state index contributed by atoms with van der Waals surface area (Å²) in [5, 5.41) is 0. The first-order valence-electron chi connectivity index (χ1n) is 4.45. The number of sulfonamides is 1. The Labute approximate surface area is 89.2 Å². The number of nitrogens with two attached hydrogens (primary N) is 1. The molecule has 0 fully saturated rings. The molecule has 0 aromatic heterocycles. The van der Waals surface area contributed by atoms with E-state index in [4.69, 9.17) is 5.90 Å². The van der Waals surface area contributed by atoms with Gasteiger partial charge in [-0.3, -0.25) is 0 Å². The van der Waals surface area contributed by atoms with Crippen LogP contribution < -0.4 is 15.5 Å². The topological polar surface area (TPSA) is 81.4 Å². The van der Waals surface area contributed by atoms with E-state index in [1.807, 2.05) is 0 Å². The fraction of sp³-hybridized carbons (Fsp3) is 0.333. The molecule has 0 atom stereocenters. The fourth-order valence-corrected chi connectivity index (χ4v) is 2.33. The lowest BCUT2D eigenvalue weighted by atomic mass is 10.3. The third-order valence-corrected chi connectivity index (χ3v) is 3.34. The molecule has 0 bridgehead atoms. The van der Waals surface area contributed by atoms with E-state index in [-0.39, 0.29) is 10.9 Å². The zero-order valence-corrected chi connectivity index (χ0v) is 9.41. The summed E-state index contributed by atoms with van der Waals surface area (Å²) in [6.07, 6.45) is 0. The third-order valence-electron chi connectivity index (χ3n) is 1.66. The minimum absolute atomic E-state index is 0.138. The summed E-state index contributed by atoms with van der Waals surface area (Å²) in [7, 11) is -3.43. The van der Waals surface area contributed by atoms with Crippen LogP contribution in [-0.2, 0) is 10.0 Å². The zero-order valence-electron chi connectivity index (χ0n) is 8.60. The minimum atomic E-state index is -3.43. The molecule has 0 aliphatic carbocycles. The Morgan fingerprint density at radius 1 is 1.27 bits per heavy atom. The van der Waals surface area contributed by atoms with Crippen LogP contribution in [0.5, 0.6) is 5.75 Å². The first kappa shape index (κ1) is 12.0. The molecule has 0 radical (unpaired) electrons. The molecule has 0 amide bonds. The van der Waals surface area contributed by atoms with Crippen molar-refractivity contribution in [2.75, 3.05) is 0 Å². The minimum Gasteiger partial charge on any atom is -0.412 e. The van der Waals surface area contributed by atoms with Crippen molar-refractivity contribution in [2.24, 2.45) is 5.90 Å². The lowest BCUT2D eigenvalue weighted by Gasteiger charge is -2.09. The van der Waals surface area contributed by atoms with Gasteiger partial charge in [0.05, 0.1) is 4.90 Å². The van der Waals surface area contributed by atoms with E-state index in [9.17, 15) is 8.42 Å². The van der Waals surface area contributed by atoms with Crippen LogP contribution >= 0.6 is 0 Å². The number of hydrogen-bond donors (Lipinski definition) is 2. The van der Waals surface area contributed by atoms with Crippen LogP contribution in [0, 0.1) is 0 Å². The lowest BCUT2D eigenvalue weighted by molar-refractivity contribution is 0.334. The maximum absolute atomic E-state index is 11.7. The van der Waals surface area contributed by atoms with Gasteiger partial charge in [0, 0.05) is 6.04 Å². The normalized spacial score (nSPS) is 11.7. The maximum Gasteiger partial charge on any atom is 0.240 e. The van der Waals surface area contributed by atoms with Gasteiger partial charge < -0.3 is 4.84 Å². The van der Waals surface area contributed by atoms with Gasteiger partial charge in [-0.1, -0.05) is 0 Å². The predicted molar refractivity (Wildman–Crippen MR) is 56.7 cm³/mol. The van der Waals surface area contributed by atoms with Crippen molar-refractivity contribution in [1.82, 2.24) is 4.72 Å². The Kier molecular flexibility index (Phi) is 3.67. The molecule has 3 N–H and O–H groups in total. The summed E-state index contributed by atoms with van der Waals surface area (Å²) >= 11 is 0. The van der Waals surface area contributed by atoms with E-state index in [0.29, 0.717) is 5.75 Å². The summed E-state index contributed by atoms with van der Waals surface area (Å²) in [6.45, 7) is 3.52. The van der Waals surface area contributed by atoms with Crippen LogP contribution in [0.2, 0.25) is 0 Å². The second-order valence-electron chi connectivity index (χ2n) is 3.37. The molecule has 1 rings (SSSR count). The van der Waals surface area contributed by atoms with E-state index in [1.54, 1.807) is 13.8 Å². The van der Waals surface area contributed by atoms with Gasteiger partial charge in [-0.15, -0.1) is 0 Å². The summed E-state index contributed by atoms with van der Waals surface area (Å²) in [6, 6.07) is 5.73. The highest BCUT2D eigenvalue weighted by Crippen LogP contribution is 2.14. The van der Waals surface area contributed by atoms with Gasteiger partial charge in [0.25, 0.3) is 0 Å². The lowest BCUT2D eigenvalue weighted by Crippen LogP contribution is -2.30. The van der Waals surface area contributed by atoms with Crippen molar-refractivity contribution in [3.63, 3.8) is 0 Å². The zero-order chi connectivity index (χ0) is 11.5. The first-order chi connectivity index (χ1) is 6.95. The molecule has 0 spiro atoms. The molecule has 15 heavy (non-hydrogen) atoms. The van der Waals surface area contributed by atoms with Crippen LogP contribution in [0.4, 0.5) is 0 Å². The van der Waals surface area contributed by atoms with Gasteiger partial charge in [-0.25, -0.2) is 13.1 Å². The maximum atomic E-state index is 11.7.